The van der Waals surface area contributed by atoms with Crippen molar-refractivity contribution in [2.45, 2.75) is 0 Å². The molecule has 3 heteroatoms. The van der Waals surface area contributed by atoms with Crippen LogP contribution in [-0.4, -0.2) is 10.7 Å². The molecule has 0 amide bonds. The van der Waals surface area contributed by atoms with E-state index < -0.39 is 0 Å². The normalized spacial score (nSPS) is 10.8. The smallest absolute Gasteiger partial charge is 0.115 e. The van der Waals surface area contributed by atoms with E-state index in [1.807, 2.05) is 17.5 Å². The van der Waals surface area contributed by atoms with E-state index in [-0.39, 0.29) is 0 Å². The number of thiol groups is 1. The van der Waals surface area contributed by atoms with Crippen LogP contribution in [0.1, 0.15) is 5.01 Å². The number of nitrogens with zero attached hydrogens (tertiary/aromatic N) is 1. The minimum atomic E-state index is 0.777. The van der Waals surface area contributed by atoms with E-state index in [0.717, 1.165) is 10.8 Å². The maximum atomic E-state index is 4.05. The first-order chi connectivity index (χ1) is 4.43. The molecule has 0 aliphatic rings. The zero-order valence-electron chi connectivity index (χ0n) is 4.82. The summed E-state index contributed by atoms with van der Waals surface area (Å²) in [5, 5.41) is 3.00. The summed E-state index contributed by atoms with van der Waals surface area (Å²) in [6.45, 7) is 0. The van der Waals surface area contributed by atoms with Crippen molar-refractivity contribution in [3.05, 3.63) is 22.7 Å². The lowest BCUT2D eigenvalue weighted by atomic mass is 10.5. The third-order valence-corrected chi connectivity index (χ3v) is 1.77. The summed E-state index contributed by atoms with van der Waals surface area (Å²) in [5.74, 6) is 0.777. The summed E-state index contributed by atoms with van der Waals surface area (Å²) in [6, 6.07) is 0. The molecule has 0 N–H and O–H groups in total. The summed E-state index contributed by atoms with van der Waals surface area (Å²) in [7, 11) is 0. The van der Waals surface area contributed by atoms with Crippen molar-refractivity contribution in [2.24, 2.45) is 0 Å². The fourth-order valence-electron chi connectivity index (χ4n) is 0.470. The molecule has 0 atom stereocenters. The molecule has 0 saturated carbocycles. The predicted octanol–water partition coefficient (Wildman–Crippen LogP) is 2.09. The largest absolute Gasteiger partial charge is 0.245 e. The summed E-state index contributed by atoms with van der Waals surface area (Å²) >= 11 is 5.65. The Morgan fingerprint density at radius 3 is 3.22 bits per heavy atom. The van der Waals surface area contributed by atoms with Crippen molar-refractivity contribution in [1.82, 2.24) is 4.98 Å². The average molecular weight is 157 g/mol. The maximum Gasteiger partial charge on any atom is 0.115 e. The zero-order chi connectivity index (χ0) is 6.53. The molecule has 0 aliphatic carbocycles. The van der Waals surface area contributed by atoms with Crippen molar-refractivity contribution < 1.29 is 0 Å². The number of thiazole rings is 1. The van der Waals surface area contributed by atoms with Gasteiger partial charge < -0.3 is 0 Å². The Morgan fingerprint density at radius 1 is 1.78 bits per heavy atom. The second-order valence-electron chi connectivity index (χ2n) is 1.46. The average Bonchev–Trinajstić information content (AvgIpc) is 2.34. The van der Waals surface area contributed by atoms with Crippen LogP contribution in [-0.2, 0) is 0 Å². The van der Waals surface area contributed by atoms with Gasteiger partial charge in [0.05, 0.1) is 0 Å². The second kappa shape index (κ2) is 3.69. The minimum Gasteiger partial charge on any atom is -0.245 e. The van der Waals surface area contributed by atoms with Gasteiger partial charge >= 0.3 is 0 Å². The van der Waals surface area contributed by atoms with Crippen LogP contribution >= 0.6 is 24.0 Å². The molecule has 0 unspecified atom stereocenters. The van der Waals surface area contributed by atoms with Gasteiger partial charge in [0.15, 0.2) is 0 Å². The lowest BCUT2D eigenvalue weighted by Gasteiger charge is -1.77. The molecule has 0 aliphatic heterocycles. The molecule has 0 spiro atoms. The molecule has 1 nitrogen and oxygen atoms in total. The lowest BCUT2D eigenvalue weighted by Crippen LogP contribution is -1.64. The van der Waals surface area contributed by atoms with Crippen LogP contribution in [0.4, 0.5) is 0 Å². The Balaban J connectivity index is 2.57. The topological polar surface area (TPSA) is 12.9 Å². The molecule has 0 saturated heterocycles. The van der Waals surface area contributed by atoms with Gasteiger partial charge in [0.1, 0.15) is 5.01 Å². The van der Waals surface area contributed by atoms with Crippen LogP contribution in [0.3, 0.4) is 0 Å². The van der Waals surface area contributed by atoms with E-state index in [1.165, 1.54) is 0 Å². The molecular weight excluding hydrogens is 150 g/mol. The molecule has 0 fully saturated rings. The standard InChI is InChI=1S/C6H7NS2/c8-4-1-2-6-7-3-5-9-6/h1-3,5,8H,4H2. The highest BCUT2D eigenvalue weighted by atomic mass is 32.1. The molecule has 1 aromatic heterocycles. The Labute approximate surface area is 63.9 Å². The van der Waals surface area contributed by atoms with Gasteiger partial charge in [-0.3, -0.25) is 0 Å². The summed E-state index contributed by atoms with van der Waals surface area (Å²) in [6.07, 6.45) is 5.74. The number of aromatic nitrogens is 1. The zero-order valence-corrected chi connectivity index (χ0v) is 6.53. The van der Waals surface area contributed by atoms with Crippen LogP contribution in [0.25, 0.3) is 6.08 Å². The fourth-order valence-corrected chi connectivity index (χ4v) is 1.13. The van der Waals surface area contributed by atoms with Crippen molar-refractivity contribution >= 4 is 30.0 Å². The van der Waals surface area contributed by atoms with Crippen molar-refractivity contribution in [3.8, 4) is 0 Å². The van der Waals surface area contributed by atoms with Crippen LogP contribution in [0.15, 0.2) is 17.7 Å². The van der Waals surface area contributed by atoms with E-state index in [1.54, 1.807) is 17.5 Å². The monoisotopic (exact) mass is 157 g/mol. The van der Waals surface area contributed by atoms with E-state index in [0.29, 0.717) is 0 Å². The molecule has 48 valence electrons. The van der Waals surface area contributed by atoms with Gasteiger partial charge in [0, 0.05) is 17.3 Å². The summed E-state index contributed by atoms with van der Waals surface area (Å²) < 4.78 is 0. The van der Waals surface area contributed by atoms with E-state index in [9.17, 15) is 0 Å². The minimum absolute atomic E-state index is 0.777. The van der Waals surface area contributed by atoms with Gasteiger partial charge in [-0.15, -0.1) is 11.3 Å². The van der Waals surface area contributed by atoms with Gasteiger partial charge in [-0.1, -0.05) is 6.08 Å². The molecular formula is C6H7NS2. The Bertz CT molecular complexity index is 179. The summed E-state index contributed by atoms with van der Waals surface area (Å²) in [4.78, 5) is 4.05. The van der Waals surface area contributed by atoms with Crippen molar-refractivity contribution in [2.75, 3.05) is 5.75 Å². The van der Waals surface area contributed by atoms with Crippen LogP contribution in [0.5, 0.6) is 0 Å². The highest BCUT2D eigenvalue weighted by Crippen LogP contribution is 2.05. The van der Waals surface area contributed by atoms with Gasteiger partial charge in [0.25, 0.3) is 0 Å². The first kappa shape index (κ1) is 6.83. The third-order valence-electron chi connectivity index (χ3n) is 0.817. The number of hydrogen-bond donors (Lipinski definition) is 1. The van der Waals surface area contributed by atoms with Crippen LogP contribution in [0.2, 0.25) is 0 Å². The van der Waals surface area contributed by atoms with Gasteiger partial charge in [-0.05, 0) is 6.08 Å². The van der Waals surface area contributed by atoms with E-state index in [4.69, 9.17) is 0 Å². The predicted molar refractivity (Wildman–Crippen MR) is 45.0 cm³/mol. The van der Waals surface area contributed by atoms with E-state index in [2.05, 4.69) is 17.6 Å². The molecule has 0 radical (unpaired) electrons. The van der Waals surface area contributed by atoms with Crippen molar-refractivity contribution in [1.29, 1.82) is 0 Å². The SMILES string of the molecule is SCC=Cc1nccs1. The molecule has 1 rings (SSSR count). The van der Waals surface area contributed by atoms with Crippen LogP contribution < -0.4 is 0 Å². The third kappa shape index (κ3) is 2.20. The Hall–Kier alpha value is -0.280. The first-order valence-electron chi connectivity index (χ1n) is 2.60. The quantitative estimate of drug-likeness (QED) is 0.649. The number of hydrogen-bond acceptors (Lipinski definition) is 3. The highest BCUT2D eigenvalue weighted by molar-refractivity contribution is 7.80. The molecule has 1 aromatic rings. The lowest BCUT2D eigenvalue weighted by molar-refractivity contribution is 1.39. The Morgan fingerprint density at radius 2 is 2.67 bits per heavy atom. The Kier molecular flexibility index (Phi) is 2.80. The fraction of sp³-hybridized carbons (Fsp3) is 0.167. The number of rotatable bonds is 2. The molecule has 9 heavy (non-hydrogen) atoms. The highest BCUT2D eigenvalue weighted by Gasteiger charge is 1.83. The van der Waals surface area contributed by atoms with Gasteiger partial charge in [-0.2, -0.15) is 12.6 Å². The van der Waals surface area contributed by atoms with Gasteiger partial charge in [-0.25, -0.2) is 4.98 Å². The van der Waals surface area contributed by atoms with E-state index >= 15 is 0 Å². The maximum absolute atomic E-state index is 4.05. The second-order valence-corrected chi connectivity index (χ2v) is 2.75. The van der Waals surface area contributed by atoms with Crippen molar-refractivity contribution in [3.63, 3.8) is 0 Å². The molecule has 0 aromatic carbocycles. The van der Waals surface area contributed by atoms with Crippen LogP contribution in [0, 0.1) is 0 Å². The first-order valence-corrected chi connectivity index (χ1v) is 4.11. The van der Waals surface area contributed by atoms with Gasteiger partial charge in [0.2, 0.25) is 0 Å². The summed E-state index contributed by atoms with van der Waals surface area (Å²) in [5.41, 5.74) is 0. The molecule has 0 bridgehead atoms. The molecule has 1 heterocycles.